The Morgan fingerprint density at radius 3 is 2.51 bits per heavy atom. The van der Waals surface area contributed by atoms with Gasteiger partial charge in [0.25, 0.3) is 0 Å². The van der Waals surface area contributed by atoms with Crippen LogP contribution in [0.3, 0.4) is 0 Å². The minimum absolute atomic E-state index is 0.0423. The molecule has 4 aromatic rings. The first-order valence-electron chi connectivity index (χ1n) is 18.5. The third-order valence-corrected chi connectivity index (χ3v) is 14.5. The van der Waals surface area contributed by atoms with Crippen LogP contribution in [-0.2, 0) is 26.2 Å². The van der Waals surface area contributed by atoms with Crippen LogP contribution in [0.1, 0.15) is 68.9 Å². The molecule has 2 aliphatic heterocycles. The minimum Gasteiger partial charge on any atom is -0.504 e. The summed E-state index contributed by atoms with van der Waals surface area (Å²) in [6, 6.07) is 12.5. The summed E-state index contributed by atoms with van der Waals surface area (Å²) in [5.74, 6) is -3.24. The Hall–Kier alpha value is -4.48. The number of benzene rings is 2. The molecule has 4 heterocycles. The maximum Gasteiger partial charge on any atom is 0.242 e. The number of anilines is 1. The summed E-state index contributed by atoms with van der Waals surface area (Å²) < 4.78 is 8.17. The average Bonchev–Trinajstić information content (AvgIpc) is 3.82. The predicted molar refractivity (Wildman–Crippen MR) is 202 cm³/mol. The first-order chi connectivity index (χ1) is 25.4. The van der Waals surface area contributed by atoms with Gasteiger partial charge in [0.2, 0.25) is 23.6 Å². The van der Waals surface area contributed by atoms with Crippen molar-refractivity contribution in [3.63, 3.8) is 0 Å². The lowest BCUT2D eigenvalue weighted by atomic mass is 9.51. The van der Waals surface area contributed by atoms with E-state index in [2.05, 4.69) is 6.08 Å². The van der Waals surface area contributed by atoms with Crippen LogP contribution >= 0.6 is 22.9 Å². The molecule has 2 saturated carbocycles. The minimum atomic E-state index is -1.24. The van der Waals surface area contributed by atoms with Crippen molar-refractivity contribution in [1.82, 2.24) is 14.7 Å². The molecule has 2 aromatic heterocycles. The summed E-state index contributed by atoms with van der Waals surface area (Å²) in [5.41, 5.74) is 2.03. The Morgan fingerprint density at radius 1 is 0.981 bits per heavy atom. The van der Waals surface area contributed by atoms with Crippen molar-refractivity contribution in [2.24, 2.45) is 36.1 Å². The van der Waals surface area contributed by atoms with E-state index in [-0.39, 0.29) is 47.6 Å². The highest BCUT2D eigenvalue weighted by molar-refractivity contribution is 7.22. The molecular weight excluding hydrogens is 712 g/mol. The fourth-order valence-corrected chi connectivity index (χ4v) is 11.7. The van der Waals surface area contributed by atoms with Crippen molar-refractivity contribution in [3.05, 3.63) is 70.3 Å². The van der Waals surface area contributed by atoms with Gasteiger partial charge in [0.1, 0.15) is 11.5 Å². The lowest BCUT2D eigenvalue weighted by molar-refractivity contribution is -0.144. The summed E-state index contributed by atoms with van der Waals surface area (Å²) in [6.45, 7) is 3.88. The molecule has 12 heteroatoms. The molecule has 2 aromatic carbocycles. The molecule has 1 N–H and O–H groups in total. The number of phenolic OH excluding ortho intramolecular Hbond substituents is 1. The van der Waals surface area contributed by atoms with E-state index in [1.807, 2.05) is 32.0 Å². The van der Waals surface area contributed by atoms with Crippen LogP contribution in [0.2, 0.25) is 5.02 Å². The highest BCUT2D eigenvalue weighted by atomic mass is 35.5. The van der Waals surface area contributed by atoms with Gasteiger partial charge in [-0.2, -0.15) is 5.10 Å². The second kappa shape index (κ2) is 12.3. The van der Waals surface area contributed by atoms with Crippen molar-refractivity contribution in [3.8, 4) is 22.1 Å². The van der Waals surface area contributed by atoms with E-state index in [9.17, 15) is 19.5 Å². The SMILES string of the molecule is COc1cc(C2C3=CCC4C(=O)N(C5CCCCC5)C(=O)C4C3CC3C(=O)N(c4cc(-c5sc6ccc(Cl)cc6c5C)nn4C)C(=O)C32C)ccc1O. The monoisotopic (exact) mass is 752 g/mol. The molecule has 6 atom stereocenters. The number of fused-ring (bicyclic) bond motifs is 5. The lowest BCUT2D eigenvalue weighted by Gasteiger charge is -2.49. The van der Waals surface area contributed by atoms with E-state index in [4.69, 9.17) is 21.4 Å². The van der Waals surface area contributed by atoms with Crippen LogP contribution in [0.25, 0.3) is 20.7 Å². The van der Waals surface area contributed by atoms with Gasteiger partial charge >= 0.3 is 0 Å². The molecule has 0 spiro atoms. The van der Waals surface area contributed by atoms with Crippen molar-refractivity contribution in [2.75, 3.05) is 12.0 Å². The Balaban J connectivity index is 1.15. The summed E-state index contributed by atoms with van der Waals surface area (Å²) >= 11 is 7.90. The number of aryl methyl sites for hydroxylation is 2. The van der Waals surface area contributed by atoms with E-state index in [1.165, 1.54) is 12.0 Å². The Labute approximate surface area is 316 Å². The van der Waals surface area contributed by atoms with Crippen LogP contribution < -0.4 is 9.64 Å². The zero-order chi connectivity index (χ0) is 37.1. The number of halogens is 1. The molecule has 0 bridgehead atoms. The number of ether oxygens (including phenoxy) is 1. The van der Waals surface area contributed by atoms with Gasteiger partial charge in [0.05, 0.1) is 35.2 Å². The fraction of sp³-hybridized carbons (Fsp3) is 0.439. The largest absolute Gasteiger partial charge is 0.504 e. The number of hydrogen-bond acceptors (Lipinski definition) is 8. The number of phenols is 1. The quantitative estimate of drug-likeness (QED) is 0.165. The number of thiophene rings is 1. The van der Waals surface area contributed by atoms with E-state index >= 15 is 4.79 Å². The number of amides is 4. The topological polar surface area (TPSA) is 122 Å². The van der Waals surface area contributed by atoms with Gasteiger partial charge in [0, 0.05) is 34.8 Å². The maximum atomic E-state index is 15.1. The third-order valence-electron chi connectivity index (χ3n) is 13.0. The molecule has 2 saturated heterocycles. The molecular formula is C41H41ClN4O6S. The van der Waals surface area contributed by atoms with Gasteiger partial charge in [-0.25, -0.2) is 4.90 Å². The first-order valence-corrected chi connectivity index (χ1v) is 19.7. The highest BCUT2D eigenvalue weighted by Crippen LogP contribution is 2.64. The third kappa shape index (κ3) is 4.85. The van der Waals surface area contributed by atoms with E-state index < -0.39 is 35.0 Å². The average molecular weight is 753 g/mol. The van der Waals surface area contributed by atoms with Gasteiger partial charge in [-0.3, -0.25) is 28.8 Å². The summed E-state index contributed by atoms with van der Waals surface area (Å²) in [5, 5.41) is 17.1. The molecule has 6 unspecified atom stereocenters. The van der Waals surface area contributed by atoms with Crippen LogP contribution in [0.15, 0.2) is 54.1 Å². The number of hydrogen-bond donors (Lipinski definition) is 1. The number of likely N-dealkylation sites (tertiary alicyclic amines) is 1. The standard InChI is InChI=1S/C41H41ClN4O6S/c1-20-26-17-22(42)11-15-32(26)53-36(20)29-19-33(44(3)43-29)46-38(49)28-18-27-24(35(41(28,2)40(46)51)21-10-14-30(47)31(16-21)52-4)12-13-25-34(27)39(50)45(37(25)48)23-8-6-5-7-9-23/h10-12,14-17,19,23,25,27-28,34-35,47H,5-9,13,18H2,1-4H3. The number of methoxy groups -OCH3 is 1. The van der Waals surface area contributed by atoms with Gasteiger partial charge in [-0.15, -0.1) is 11.3 Å². The van der Waals surface area contributed by atoms with Crippen LogP contribution in [0.4, 0.5) is 5.82 Å². The van der Waals surface area contributed by atoms with Gasteiger partial charge in [0.15, 0.2) is 11.5 Å². The lowest BCUT2D eigenvalue weighted by Crippen LogP contribution is -2.49. The smallest absolute Gasteiger partial charge is 0.242 e. The number of carbonyl (C=O) groups is 4. The van der Waals surface area contributed by atoms with Gasteiger partial charge in [-0.1, -0.05) is 48.6 Å². The summed E-state index contributed by atoms with van der Waals surface area (Å²) in [7, 11) is 3.21. The predicted octanol–water partition coefficient (Wildman–Crippen LogP) is 7.54. The number of aromatic nitrogens is 2. The molecule has 4 amide bonds. The molecule has 9 rings (SSSR count). The number of aromatic hydroxyl groups is 1. The van der Waals surface area contributed by atoms with Gasteiger partial charge < -0.3 is 9.84 Å². The van der Waals surface area contributed by atoms with Crippen LogP contribution in [0, 0.1) is 36.0 Å². The van der Waals surface area contributed by atoms with E-state index in [1.54, 1.807) is 52.2 Å². The van der Waals surface area contributed by atoms with Crippen molar-refractivity contribution in [2.45, 2.75) is 70.8 Å². The molecule has 10 nitrogen and oxygen atoms in total. The van der Waals surface area contributed by atoms with Crippen LogP contribution in [-0.4, -0.2) is 56.6 Å². The number of carbonyl (C=O) groups excluding carboxylic acids is 4. The second-order valence-corrected chi connectivity index (χ2v) is 17.1. The number of rotatable bonds is 5. The van der Waals surface area contributed by atoms with Crippen LogP contribution in [0.5, 0.6) is 11.5 Å². The zero-order valence-corrected chi connectivity index (χ0v) is 31.7. The van der Waals surface area contributed by atoms with E-state index in [0.29, 0.717) is 28.5 Å². The molecule has 274 valence electrons. The molecule has 5 aliphatic rings. The number of nitrogens with zero attached hydrogens (tertiary/aromatic N) is 4. The second-order valence-electron chi connectivity index (χ2n) is 15.6. The molecule has 0 radical (unpaired) electrons. The highest BCUT2D eigenvalue weighted by Gasteiger charge is 2.68. The number of allylic oxidation sites excluding steroid dienone is 2. The Kier molecular flexibility index (Phi) is 7.95. The molecule has 4 fully saturated rings. The first kappa shape index (κ1) is 34.3. The van der Waals surface area contributed by atoms with Crippen molar-refractivity contribution in [1.29, 1.82) is 0 Å². The molecule has 3 aliphatic carbocycles. The van der Waals surface area contributed by atoms with Crippen molar-refractivity contribution >= 4 is 62.5 Å². The number of imide groups is 2. The molecule has 53 heavy (non-hydrogen) atoms. The zero-order valence-electron chi connectivity index (χ0n) is 30.1. The van der Waals surface area contributed by atoms with E-state index in [0.717, 1.165) is 58.2 Å². The Bertz CT molecular complexity index is 2290. The maximum absolute atomic E-state index is 15.1. The normalized spacial score (nSPS) is 28.8. The fourth-order valence-electron chi connectivity index (χ4n) is 10.4. The van der Waals surface area contributed by atoms with Crippen molar-refractivity contribution < 1.29 is 29.0 Å². The summed E-state index contributed by atoms with van der Waals surface area (Å²) in [6.07, 6.45) is 7.47. The summed E-state index contributed by atoms with van der Waals surface area (Å²) in [4.78, 5) is 62.2. The Morgan fingerprint density at radius 2 is 1.75 bits per heavy atom. The van der Waals surface area contributed by atoms with Gasteiger partial charge in [-0.05, 0) is 92.3 Å².